The predicted molar refractivity (Wildman–Crippen MR) is 99.9 cm³/mol. The number of aromatic amines is 1. The molecule has 0 saturated heterocycles. The molecule has 130 valence electrons. The van der Waals surface area contributed by atoms with Gasteiger partial charge in [0.1, 0.15) is 17.2 Å². The smallest absolute Gasteiger partial charge is 0.229 e. The van der Waals surface area contributed by atoms with Crippen molar-refractivity contribution in [1.29, 1.82) is 0 Å². The van der Waals surface area contributed by atoms with Crippen LogP contribution < -0.4 is 14.8 Å². The highest BCUT2D eigenvalue weighted by atomic mass is 16.5. The molecule has 7 heteroatoms. The third-order valence-corrected chi connectivity index (χ3v) is 4.03. The van der Waals surface area contributed by atoms with Gasteiger partial charge >= 0.3 is 0 Å². The van der Waals surface area contributed by atoms with Gasteiger partial charge in [-0.15, -0.1) is 0 Å². The number of anilines is 2. The van der Waals surface area contributed by atoms with Gasteiger partial charge in [0.25, 0.3) is 0 Å². The Morgan fingerprint density at radius 1 is 0.962 bits per heavy atom. The van der Waals surface area contributed by atoms with Gasteiger partial charge < -0.3 is 14.8 Å². The van der Waals surface area contributed by atoms with Crippen molar-refractivity contribution in [2.75, 3.05) is 19.5 Å². The molecule has 0 aliphatic carbocycles. The number of methoxy groups -OCH3 is 2. The third kappa shape index (κ3) is 2.90. The molecule has 4 aromatic rings. The molecular formula is C19H17N5O2. The Hall–Kier alpha value is -3.61. The van der Waals surface area contributed by atoms with E-state index in [1.165, 1.54) is 0 Å². The Morgan fingerprint density at radius 2 is 1.77 bits per heavy atom. The Labute approximate surface area is 150 Å². The van der Waals surface area contributed by atoms with Crippen LogP contribution in [0.2, 0.25) is 0 Å². The first-order valence-electron chi connectivity index (χ1n) is 8.04. The maximum atomic E-state index is 5.42. The van der Waals surface area contributed by atoms with E-state index in [1.54, 1.807) is 20.4 Å². The van der Waals surface area contributed by atoms with Crippen LogP contribution in [0.5, 0.6) is 11.5 Å². The van der Waals surface area contributed by atoms with Crippen LogP contribution >= 0.6 is 0 Å². The van der Waals surface area contributed by atoms with Gasteiger partial charge in [0.2, 0.25) is 5.95 Å². The van der Waals surface area contributed by atoms with Crippen molar-refractivity contribution in [3.8, 4) is 22.8 Å². The number of H-pyrrole nitrogens is 1. The minimum Gasteiger partial charge on any atom is -0.497 e. The average molecular weight is 347 g/mol. The lowest BCUT2D eigenvalue weighted by Crippen LogP contribution is -1.97. The fraction of sp³-hybridized carbons (Fsp3) is 0.105. The van der Waals surface area contributed by atoms with Crippen LogP contribution in [0, 0.1) is 0 Å². The molecule has 0 spiro atoms. The van der Waals surface area contributed by atoms with Crippen molar-refractivity contribution in [2.24, 2.45) is 0 Å². The van der Waals surface area contributed by atoms with E-state index in [9.17, 15) is 0 Å². The van der Waals surface area contributed by atoms with E-state index in [0.29, 0.717) is 11.6 Å². The summed E-state index contributed by atoms with van der Waals surface area (Å²) in [6.45, 7) is 0. The summed E-state index contributed by atoms with van der Waals surface area (Å²) in [7, 11) is 3.28. The zero-order valence-electron chi connectivity index (χ0n) is 14.4. The van der Waals surface area contributed by atoms with E-state index in [2.05, 4.69) is 25.5 Å². The number of aromatic nitrogens is 4. The van der Waals surface area contributed by atoms with Crippen molar-refractivity contribution in [1.82, 2.24) is 20.2 Å². The van der Waals surface area contributed by atoms with Gasteiger partial charge in [-0.1, -0.05) is 12.1 Å². The summed E-state index contributed by atoms with van der Waals surface area (Å²) in [4.78, 5) is 8.91. The van der Waals surface area contributed by atoms with Crippen LogP contribution in [0.25, 0.3) is 22.3 Å². The third-order valence-electron chi connectivity index (χ3n) is 4.03. The summed E-state index contributed by atoms with van der Waals surface area (Å²) < 4.78 is 10.6. The lowest BCUT2D eigenvalue weighted by molar-refractivity contribution is 0.415. The fourth-order valence-electron chi connectivity index (χ4n) is 2.72. The molecule has 2 aromatic heterocycles. The molecule has 2 heterocycles. The average Bonchev–Trinajstić information content (AvgIpc) is 3.11. The minimum absolute atomic E-state index is 0.484. The van der Waals surface area contributed by atoms with Gasteiger partial charge in [-0.05, 0) is 36.4 Å². The molecule has 7 nitrogen and oxygen atoms in total. The van der Waals surface area contributed by atoms with E-state index in [1.807, 2.05) is 48.5 Å². The molecule has 0 aliphatic heterocycles. The van der Waals surface area contributed by atoms with E-state index >= 15 is 0 Å². The Bertz CT molecular complexity index is 1040. The highest BCUT2D eigenvalue weighted by molar-refractivity contribution is 5.92. The molecule has 4 rings (SSSR count). The second-order valence-electron chi connectivity index (χ2n) is 5.58. The van der Waals surface area contributed by atoms with E-state index in [0.717, 1.165) is 33.8 Å². The topological polar surface area (TPSA) is 85.0 Å². The van der Waals surface area contributed by atoms with E-state index in [4.69, 9.17) is 9.47 Å². The quantitative estimate of drug-likeness (QED) is 0.571. The van der Waals surface area contributed by atoms with Gasteiger partial charge in [0.15, 0.2) is 5.65 Å². The van der Waals surface area contributed by atoms with Crippen LogP contribution in [-0.2, 0) is 0 Å². The largest absolute Gasteiger partial charge is 0.497 e. The van der Waals surface area contributed by atoms with Crippen molar-refractivity contribution in [3.05, 3.63) is 54.7 Å². The number of nitrogens with zero attached hydrogens (tertiary/aromatic N) is 3. The maximum absolute atomic E-state index is 5.42. The summed E-state index contributed by atoms with van der Waals surface area (Å²) in [5.74, 6) is 2.03. The molecule has 0 radical (unpaired) electrons. The first kappa shape index (κ1) is 15.9. The fourth-order valence-corrected chi connectivity index (χ4v) is 2.72. The van der Waals surface area contributed by atoms with Gasteiger partial charge in [-0.3, -0.25) is 5.10 Å². The Morgan fingerprint density at radius 3 is 2.54 bits per heavy atom. The zero-order valence-corrected chi connectivity index (χ0v) is 14.4. The molecule has 2 aromatic carbocycles. The number of hydrogen-bond donors (Lipinski definition) is 2. The van der Waals surface area contributed by atoms with E-state index < -0.39 is 0 Å². The number of benzene rings is 2. The summed E-state index contributed by atoms with van der Waals surface area (Å²) in [6, 6.07) is 15.3. The summed E-state index contributed by atoms with van der Waals surface area (Å²) >= 11 is 0. The predicted octanol–water partition coefficient (Wildman–Crippen LogP) is 3.78. The minimum atomic E-state index is 0.484. The highest BCUT2D eigenvalue weighted by Gasteiger charge is 2.14. The summed E-state index contributed by atoms with van der Waals surface area (Å²) in [5, 5.41) is 11.4. The van der Waals surface area contributed by atoms with Gasteiger partial charge in [0.05, 0.1) is 19.6 Å². The molecule has 0 saturated carbocycles. The molecule has 0 aliphatic rings. The second kappa shape index (κ2) is 6.72. The standard InChI is InChI=1S/C19H17N5O2/c1-25-13-9-7-12(8-10-13)21-19-20-11-15-17(23-24-18(15)22-19)14-5-3-4-6-16(14)26-2/h3-11H,1-2H3,(H2,20,21,22,23,24). The molecular weight excluding hydrogens is 330 g/mol. The van der Waals surface area contributed by atoms with Crippen LogP contribution in [-0.4, -0.2) is 34.4 Å². The van der Waals surface area contributed by atoms with Crippen molar-refractivity contribution >= 4 is 22.7 Å². The van der Waals surface area contributed by atoms with Crippen molar-refractivity contribution < 1.29 is 9.47 Å². The van der Waals surface area contributed by atoms with Crippen LogP contribution in [0.3, 0.4) is 0 Å². The summed E-state index contributed by atoms with van der Waals surface area (Å²) in [5.41, 5.74) is 3.17. The summed E-state index contributed by atoms with van der Waals surface area (Å²) in [6.07, 6.45) is 1.75. The normalized spacial score (nSPS) is 10.7. The Balaban J connectivity index is 1.66. The first-order valence-corrected chi connectivity index (χ1v) is 8.04. The number of nitrogens with one attached hydrogen (secondary N) is 2. The molecule has 0 fully saturated rings. The second-order valence-corrected chi connectivity index (χ2v) is 5.58. The molecule has 2 N–H and O–H groups in total. The molecule has 0 unspecified atom stereocenters. The van der Waals surface area contributed by atoms with Crippen molar-refractivity contribution in [2.45, 2.75) is 0 Å². The zero-order chi connectivity index (χ0) is 17.9. The molecule has 0 bridgehead atoms. The number of para-hydroxylation sites is 1. The monoisotopic (exact) mass is 347 g/mol. The number of rotatable bonds is 5. The first-order chi connectivity index (χ1) is 12.8. The molecule has 0 atom stereocenters. The maximum Gasteiger partial charge on any atom is 0.229 e. The number of fused-ring (bicyclic) bond motifs is 1. The molecule has 0 amide bonds. The number of ether oxygens (including phenoxy) is 2. The van der Waals surface area contributed by atoms with E-state index in [-0.39, 0.29) is 0 Å². The lowest BCUT2D eigenvalue weighted by Gasteiger charge is -2.07. The lowest BCUT2D eigenvalue weighted by atomic mass is 10.1. The van der Waals surface area contributed by atoms with Gasteiger partial charge in [-0.25, -0.2) is 4.98 Å². The van der Waals surface area contributed by atoms with Gasteiger partial charge in [0, 0.05) is 17.4 Å². The highest BCUT2D eigenvalue weighted by Crippen LogP contribution is 2.32. The van der Waals surface area contributed by atoms with Crippen LogP contribution in [0.4, 0.5) is 11.6 Å². The van der Waals surface area contributed by atoms with Crippen LogP contribution in [0.15, 0.2) is 54.7 Å². The van der Waals surface area contributed by atoms with Gasteiger partial charge in [-0.2, -0.15) is 10.1 Å². The Kier molecular flexibility index (Phi) is 4.10. The SMILES string of the molecule is COc1ccc(Nc2ncc3c(-c4ccccc4OC)n[nH]c3n2)cc1. The van der Waals surface area contributed by atoms with Crippen molar-refractivity contribution in [3.63, 3.8) is 0 Å². The van der Waals surface area contributed by atoms with Crippen LogP contribution in [0.1, 0.15) is 0 Å². The number of hydrogen-bond acceptors (Lipinski definition) is 6. The molecule has 26 heavy (non-hydrogen) atoms.